The predicted molar refractivity (Wildman–Crippen MR) is 89.2 cm³/mol. The number of carboxylic acids is 1. The third kappa shape index (κ3) is 2.53. The lowest BCUT2D eigenvalue weighted by Crippen LogP contribution is -2.37. The molecule has 0 bridgehead atoms. The molecular weight excluding hydrogens is 322 g/mol. The lowest BCUT2D eigenvalue weighted by molar-refractivity contribution is -0.149. The van der Waals surface area contributed by atoms with Gasteiger partial charge in [0.1, 0.15) is 5.69 Å². The minimum Gasteiger partial charge on any atom is -0.481 e. The molecule has 1 aromatic heterocycles. The zero-order valence-electron chi connectivity index (χ0n) is 14.2. The highest BCUT2D eigenvalue weighted by atomic mass is 16.4. The molecule has 4 rings (SSSR count). The van der Waals surface area contributed by atoms with E-state index >= 15 is 0 Å². The van der Waals surface area contributed by atoms with Crippen molar-refractivity contribution in [3.63, 3.8) is 0 Å². The van der Waals surface area contributed by atoms with Gasteiger partial charge in [-0.05, 0) is 37.7 Å². The van der Waals surface area contributed by atoms with Crippen LogP contribution in [0.3, 0.4) is 0 Å². The number of amides is 2. The number of nitrogens with one attached hydrogen (secondary N) is 1. The van der Waals surface area contributed by atoms with Gasteiger partial charge in [0, 0.05) is 32.4 Å². The largest absolute Gasteiger partial charge is 0.481 e. The van der Waals surface area contributed by atoms with Crippen LogP contribution in [0.1, 0.15) is 53.0 Å². The predicted octanol–water partition coefficient (Wildman–Crippen LogP) is 1.58. The Bertz CT molecular complexity index is 722. The maximum Gasteiger partial charge on any atom is 0.311 e. The maximum absolute atomic E-state index is 12.8. The smallest absolute Gasteiger partial charge is 0.311 e. The van der Waals surface area contributed by atoms with Gasteiger partial charge in [-0.15, -0.1) is 0 Å². The van der Waals surface area contributed by atoms with Gasteiger partial charge in [0.2, 0.25) is 0 Å². The van der Waals surface area contributed by atoms with Gasteiger partial charge in [0.15, 0.2) is 0 Å². The van der Waals surface area contributed by atoms with Gasteiger partial charge in [-0.1, -0.05) is 6.42 Å². The van der Waals surface area contributed by atoms with E-state index in [1.165, 1.54) is 0 Å². The number of fused-ring (bicyclic) bond motifs is 1. The quantitative estimate of drug-likeness (QED) is 0.870. The number of rotatable bonds is 3. The molecule has 7 nitrogen and oxygen atoms in total. The first-order valence-electron chi connectivity index (χ1n) is 9.02. The van der Waals surface area contributed by atoms with Crippen molar-refractivity contribution in [3.05, 3.63) is 23.5 Å². The van der Waals surface area contributed by atoms with Gasteiger partial charge >= 0.3 is 5.97 Å². The first-order chi connectivity index (χ1) is 12.0. The first kappa shape index (κ1) is 16.2. The van der Waals surface area contributed by atoms with Crippen molar-refractivity contribution in [1.82, 2.24) is 14.8 Å². The molecule has 2 atom stereocenters. The van der Waals surface area contributed by atoms with E-state index in [-0.39, 0.29) is 24.3 Å². The SMILES string of the molecule is O=C(c1c[nH]c(C(=O)N2CCCC2)c1)N1C[C@@H]2CCC[C@@]2(C(=O)O)C1. The van der Waals surface area contributed by atoms with Crippen LogP contribution in [-0.2, 0) is 4.79 Å². The third-order valence-corrected chi connectivity index (χ3v) is 6.14. The van der Waals surface area contributed by atoms with Gasteiger partial charge < -0.3 is 19.9 Å². The summed E-state index contributed by atoms with van der Waals surface area (Å²) in [7, 11) is 0. The summed E-state index contributed by atoms with van der Waals surface area (Å²) in [4.78, 5) is 43.3. The second-order valence-corrected chi connectivity index (χ2v) is 7.54. The van der Waals surface area contributed by atoms with Crippen molar-refractivity contribution in [3.8, 4) is 0 Å². The molecule has 0 radical (unpaired) electrons. The summed E-state index contributed by atoms with van der Waals surface area (Å²) >= 11 is 0. The molecule has 2 aliphatic heterocycles. The average molecular weight is 345 g/mol. The van der Waals surface area contributed by atoms with Gasteiger partial charge in [-0.3, -0.25) is 14.4 Å². The zero-order chi connectivity index (χ0) is 17.6. The number of H-pyrrole nitrogens is 1. The van der Waals surface area contributed by atoms with Gasteiger partial charge in [0.25, 0.3) is 11.8 Å². The van der Waals surface area contributed by atoms with Gasteiger partial charge in [-0.2, -0.15) is 0 Å². The number of aliphatic carboxylic acids is 1. The monoisotopic (exact) mass is 345 g/mol. The number of likely N-dealkylation sites (tertiary alicyclic amines) is 2. The Hall–Kier alpha value is -2.31. The van der Waals surface area contributed by atoms with Crippen molar-refractivity contribution in [2.24, 2.45) is 11.3 Å². The summed E-state index contributed by atoms with van der Waals surface area (Å²) in [6, 6.07) is 1.60. The Labute approximate surface area is 146 Å². The van der Waals surface area contributed by atoms with Crippen molar-refractivity contribution >= 4 is 17.8 Å². The Morgan fingerprint density at radius 2 is 1.88 bits per heavy atom. The zero-order valence-corrected chi connectivity index (χ0v) is 14.2. The number of carbonyl (C=O) groups is 3. The Balaban J connectivity index is 1.49. The van der Waals surface area contributed by atoms with Crippen LogP contribution in [-0.4, -0.2) is 63.9 Å². The molecule has 2 N–H and O–H groups in total. The highest BCUT2D eigenvalue weighted by molar-refractivity contribution is 5.99. The van der Waals surface area contributed by atoms with E-state index in [1.807, 2.05) is 0 Å². The molecule has 0 aromatic carbocycles. The van der Waals surface area contributed by atoms with Crippen LogP contribution in [0.4, 0.5) is 0 Å². The molecule has 3 aliphatic rings. The summed E-state index contributed by atoms with van der Waals surface area (Å²) in [5, 5.41) is 9.65. The van der Waals surface area contributed by atoms with Crippen LogP contribution >= 0.6 is 0 Å². The minimum absolute atomic E-state index is 0.0404. The van der Waals surface area contributed by atoms with E-state index in [1.54, 1.807) is 22.1 Å². The average Bonchev–Trinajstić information content (AvgIpc) is 3.36. The standard InChI is InChI=1S/C18H23N3O4/c22-15(21-10-13-4-3-5-18(13,11-21)17(24)25)12-8-14(19-9-12)16(23)20-6-1-2-7-20/h8-9,13,19H,1-7,10-11H2,(H,24,25)/t13-,18+/m0/s1. The molecule has 3 fully saturated rings. The topological polar surface area (TPSA) is 93.7 Å². The molecule has 0 spiro atoms. The number of nitrogens with zero attached hydrogens (tertiary/aromatic N) is 2. The number of carboxylic acid groups (broad SMARTS) is 1. The molecule has 134 valence electrons. The van der Waals surface area contributed by atoms with E-state index in [2.05, 4.69) is 4.98 Å². The van der Waals surface area contributed by atoms with Crippen molar-refractivity contribution in [2.75, 3.05) is 26.2 Å². The fraction of sp³-hybridized carbons (Fsp3) is 0.611. The van der Waals surface area contributed by atoms with Crippen LogP contribution in [0.15, 0.2) is 12.3 Å². The number of carbonyl (C=O) groups excluding carboxylic acids is 2. The van der Waals surface area contributed by atoms with Crippen LogP contribution in [0, 0.1) is 11.3 Å². The summed E-state index contributed by atoms with van der Waals surface area (Å²) < 4.78 is 0. The molecule has 1 aromatic rings. The van der Waals surface area contributed by atoms with Crippen LogP contribution in [0.2, 0.25) is 0 Å². The minimum atomic E-state index is -0.788. The fourth-order valence-electron chi connectivity index (χ4n) is 4.71. The van der Waals surface area contributed by atoms with E-state index < -0.39 is 11.4 Å². The number of hydrogen-bond acceptors (Lipinski definition) is 3. The summed E-state index contributed by atoms with van der Waals surface area (Å²) in [5.74, 6) is -1.01. The lowest BCUT2D eigenvalue weighted by Gasteiger charge is -2.23. The summed E-state index contributed by atoms with van der Waals surface area (Å²) in [6.45, 7) is 2.28. The summed E-state index contributed by atoms with van der Waals surface area (Å²) in [6.07, 6.45) is 6.02. The van der Waals surface area contributed by atoms with Gasteiger partial charge in [-0.25, -0.2) is 0 Å². The Morgan fingerprint density at radius 1 is 1.12 bits per heavy atom. The highest BCUT2D eigenvalue weighted by Gasteiger charge is 2.55. The number of hydrogen-bond donors (Lipinski definition) is 2. The molecule has 1 saturated carbocycles. The maximum atomic E-state index is 12.8. The molecule has 0 unspecified atom stereocenters. The van der Waals surface area contributed by atoms with Crippen molar-refractivity contribution < 1.29 is 19.5 Å². The first-order valence-corrected chi connectivity index (χ1v) is 9.02. The van der Waals surface area contributed by atoms with Crippen LogP contribution < -0.4 is 0 Å². The molecule has 2 amide bonds. The Morgan fingerprint density at radius 3 is 2.56 bits per heavy atom. The van der Waals surface area contributed by atoms with E-state index in [0.717, 1.165) is 38.8 Å². The van der Waals surface area contributed by atoms with E-state index in [0.29, 0.717) is 24.2 Å². The molecule has 25 heavy (non-hydrogen) atoms. The van der Waals surface area contributed by atoms with Crippen molar-refractivity contribution in [2.45, 2.75) is 32.1 Å². The van der Waals surface area contributed by atoms with Crippen LogP contribution in [0.5, 0.6) is 0 Å². The normalized spacial score (nSPS) is 28.4. The number of aromatic nitrogens is 1. The molecular formula is C18H23N3O4. The second kappa shape index (κ2) is 5.89. The van der Waals surface area contributed by atoms with Gasteiger partial charge in [0.05, 0.1) is 11.0 Å². The molecule has 3 heterocycles. The number of aromatic amines is 1. The van der Waals surface area contributed by atoms with E-state index in [4.69, 9.17) is 0 Å². The van der Waals surface area contributed by atoms with Crippen molar-refractivity contribution in [1.29, 1.82) is 0 Å². The highest BCUT2D eigenvalue weighted by Crippen LogP contribution is 2.49. The molecule has 1 aliphatic carbocycles. The van der Waals surface area contributed by atoms with Crippen LogP contribution in [0.25, 0.3) is 0 Å². The molecule has 2 saturated heterocycles. The Kier molecular flexibility index (Phi) is 3.81. The fourth-order valence-corrected chi connectivity index (χ4v) is 4.71. The summed E-state index contributed by atoms with van der Waals surface area (Å²) in [5.41, 5.74) is 0.0841. The second-order valence-electron chi connectivity index (χ2n) is 7.54. The third-order valence-electron chi connectivity index (χ3n) is 6.14. The lowest BCUT2D eigenvalue weighted by atomic mass is 9.81. The van der Waals surface area contributed by atoms with E-state index in [9.17, 15) is 19.5 Å². The molecule has 7 heteroatoms.